The van der Waals surface area contributed by atoms with E-state index in [0.29, 0.717) is 37.4 Å². The molecule has 3 unspecified atom stereocenters. The predicted octanol–water partition coefficient (Wildman–Crippen LogP) is 1.54. The van der Waals surface area contributed by atoms with Gasteiger partial charge < -0.3 is 72.3 Å². The van der Waals surface area contributed by atoms with Crippen molar-refractivity contribution in [1.82, 2.24) is 50.5 Å². The topological polar surface area (TPSA) is 413 Å². The maximum Gasteiger partial charge on any atom is 0.326 e. The SMILES string of the molecule is CCN(C)C/C(O)=C\C12C=C(O)CN(C)C(Cc3ccc(Nc4nc(NCCCC[C@H](NC(=O)CC[C@H](NC(=O)N[C@@H](CCC(=O)O)C(=O)O)C(=O)O)C(=O)O)nc(N(C)C)n4)cc3)C1CN(CC(=O)O)CCN(CC(=O)O)C2(C)C. The third-order valence-electron chi connectivity index (χ3n) is 14.5. The average molecular weight is 1140 g/mol. The number of carboxylic acid groups (broad SMARTS) is 6. The molecule has 29 nitrogen and oxygen atoms in total. The number of hydrogen-bond donors (Lipinski definition) is 13. The van der Waals surface area contributed by atoms with Crippen molar-refractivity contribution >= 4 is 71.3 Å². The van der Waals surface area contributed by atoms with Crippen LogP contribution in [0.2, 0.25) is 0 Å². The Kier molecular flexibility index (Phi) is 24.4. The van der Waals surface area contributed by atoms with Gasteiger partial charge in [-0.05, 0) is 103 Å². The molecule has 1 saturated heterocycles. The fourth-order valence-electron chi connectivity index (χ4n) is 10.0. The number of aromatic nitrogens is 3. The molecular weight excluding hydrogens is 1060 g/mol. The fraction of sp³-hybridized carbons (Fsp3) is 0.596. The molecule has 2 aromatic rings. The van der Waals surface area contributed by atoms with Gasteiger partial charge in [0, 0.05) is 81.7 Å². The number of unbranched alkanes of at least 4 members (excludes halogenated alkanes) is 1. The molecule has 6 atom stereocenters. The summed E-state index contributed by atoms with van der Waals surface area (Å²) in [6.07, 6.45) is 2.49. The van der Waals surface area contributed by atoms with Gasteiger partial charge >= 0.3 is 41.8 Å². The Labute approximate surface area is 469 Å². The van der Waals surface area contributed by atoms with Gasteiger partial charge in [-0.1, -0.05) is 19.1 Å². The molecule has 29 heteroatoms. The van der Waals surface area contributed by atoms with Crippen LogP contribution in [-0.4, -0.2) is 240 Å². The van der Waals surface area contributed by atoms with Gasteiger partial charge in [0.15, 0.2) is 0 Å². The smallest absolute Gasteiger partial charge is 0.326 e. The fourth-order valence-corrected chi connectivity index (χ4v) is 10.0. The number of anilines is 4. The van der Waals surface area contributed by atoms with Crippen LogP contribution < -0.4 is 31.5 Å². The number of aliphatic carboxylic acids is 6. The van der Waals surface area contributed by atoms with E-state index in [9.17, 15) is 74.1 Å². The van der Waals surface area contributed by atoms with Crippen molar-refractivity contribution in [3.8, 4) is 0 Å². The molecule has 4 rings (SSSR count). The van der Waals surface area contributed by atoms with Crippen LogP contribution in [-0.2, 0) is 40.0 Å². The first kappa shape index (κ1) is 65.6. The van der Waals surface area contributed by atoms with Crippen LogP contribution in [0.1, 0.15) is 71.3 Å². The standard InChI is InChI=1S/C52H79N13O16/c1-8-62(6)26-33(66)24-52-25-34(67)27-63(7)39(35(52)28-64(29-42(71)72)21-22-65(30-43(73)74)51(52,2)3)23-31-12-14-32(15-13-31)54-48-58-47(59-49(60-48)61(4)5)53-20-10-9-11-36(44(75)76)55-40(68)18-16-37(45(77)78)56-50(81)57-38(46(79)80)17-19-41(69)70/h12-15,24-25,35-39,66-67H,8-11,16-23,26-30H2,1-7H3,(H,55,68)(H,69,70)(H,71,72)(H,73,74)(H,75,76)(H,77,78)(H,79,80)(H2,56,57,81)(H2,53,54,58,59,60)/b33-24+/t35?,36-,37-,38-,39?,52?/m0/s1. The summed E-state index contributed by atoms with van der Waals surface area (Å²) in [7, 11) is 7.21. The van der Waals surface area contributed by atoms with Crippen molar-refractivity contribution in [2.24, 2.45) is 11.3 Å². The molecule has 81 heavy (non-hydrogen) atoms. The van der Waals surface area contributed by atoms with Gasteiger partial charge in [0.1, 0.15) is 29.6 Å². The zero-order valence-corrected chi connectivity index (χ0v) is 46.8. The maximum absolute atomic E-state index is 12.7. The molecule has 2 aliphatic heterocycles. The molecule has 1 aromatic heterocycles. The third kappa shape index (κ3) is 19.7. The summed E-state index contributed by atoms with van der Waals surface area (Å²) in [5.74, 6) is -8.48. The number of carbonyl (C=O) groups excluding carboxylic acids is 2. The molecule has 0 radical (unpaired) electrons. The van der Waals surface area contributed by atoms with Crippen molar-refractivity contribution in [3.05, 3.63) is 53.5 Å². The van der Waals surface area contributed by atoms with Gasteiger partial charge in [-0.15, -0.1) is 0 Å². The van der Waals surface area contributed by atoms with Crippen LogP contribution >= 0.6 is 0 Å². The number of carboxylic acids is 6. The lowest BCUT2D eigenvalue weighted by atomic mass is 9.58. The van der Waals surface area contributed by atoms with Gasteiger partial charge in [-0.25, -0.2) is 19.2 Å². The number of hydrogen-bond acceptors (Lipinski definition) is 20. The van der Waals surface area contributed by atoms with Crippen LogP contribution in [0.15, 0.2) is 47.9 Å². The van der Waals surface area contributed by atoms with Gasteiger partial charge in [0.05, 0.1) is 26.2 Å². The summed E-state index contributed by atoms with van der Waals surface area (Å²) in [6, 6.07) is 1.25. The quantitative estimate of drug-likeness (QED) is 0.0376. The van der Waals surface area contributed by atoms with Gasteiger partial charge in [0.25, 0.3) is 0 Å². The van der Waals surface area contributed by atoms with Crippen LogP contribution in [0.4, 0.5) is 28.3 Å². The number of amides is 3. The van der Waals surface area contributed by atoms with Gasteiger partial charge in [-0.3, -0.25) is 38.8 Å². The zero-order chi connectivity index (χ0) is 60.4. The summed E-state index contributed by atoms with van der Waals surface area (Å²) in [4.78, 5) is 119. The number of aliphatic hydroxyl groups is 2. The van der Waals surface area contributed by atoms with Crippen LogP contribution in [0.5, 0.6) is 0 Å². The van der Waals surface area contributed by atoms with E-state index >= 15 is 0 Å². The van der Waals surface area contributed by atoms with Gasteiger partial charge in [-0.2, -0.15) is 15.0 Å². The molecule has 1 aromatic carbocycles. The van der Waals surface area contributed by atoms with E-state index in [1.807, 2.05) is 79.6 Å². The van der Waals surface area contributed by atoms with Gasteiger partial charge in [0.2, 0.25) is 23.8 Å². The number of likely N-dealkylation sites (N-methyl/N-ethyl adjacent to an activating group) is 2. The largest absolute Gasteiger partial charge is 0.511 e. The van der Waals surface area contributed by atoms with E-state index in [2.05, 4.69) is 30.9 Å². The Balaban J connectivity index is 1.47. The van der Waals surface area contributed by atoms with E-state index in [0.717, 1.165) is 5.56 Å². The van der Waals surface area contributed by atoms with E-state index in [1.54, 1.807) is 40.9 Å². The minimum absolute atomic E-state index is 0.0103. The highest BCUT2D eigenvalue weighted by atomic mass is 16.4. The zero-order valence-electron chi connectivity index (χ0n) is 46.8. The molecule has 13 N–H and O–H groups in total. The molecule has 1 fully saturated rings. The summed E-state index contributed by atoms with van der Waals surface area (Å²) < 4.78 is 0. The Morgan fingerprint density at radius 2 is 1.35 bits per heavy atom. The van der Waals surface area contributed by atoms with Crippen molar-refractivity contribution in [2.75, 3.05) is 103 Å². The molecule has 0 saturated carbocycles. The molecular formula is C52H79N13O16. The number of benzene rings is 1. The summed E-state index contributed by atoms with van der Waals surface area (Å²) >= 11 is 0. The predicted molar refractivity (Wildman–Crippen MR) is 294 cm³/mol. The lowest BCUT2D eigenvalue weighted by Crippen LogP contribution is -2.66. The second-order valence-electron chi connectivity index (χ2n) is 21.1. The van der Waals surface area contributed by atoms with Crippen molar-refractivity contribution in [1.29, 1.82) is 0 Å². The van der Waals surface area contributed by atoms with Crippen LogP contribution in [0.3, 0.4) is 0 Å². The Morgan fingerprint density at radius 3 is 1.91 bits per heavy atom. The number of rotatable bonds is 31. The Hall–Kier alpha value is -7.89. The minimum Gasteiger partial charge on any atom is -0.511 e. The normalized spacial score (nSPS) is 19.9. The number of nitrogens with one attached hydrogen (secondary N) is 5. The molecule has 3 heterocycles. The lowest BCUT2D eigenvalue weighted by Gasteiger charge is -2.57. The first-order valence-corrected chi connectivity index (χ1v) is 26.4. The summed E-state index contributed by atoms with van der Waals surface area (Å²) in [5, 5.41) is 93.9. The number of carbonyl (C=O) groups is 8. The van der Waals surface area contributed by atoms with E-state index in [-0.39, 0.29) is 82.2 Å². The third-order valence-corrected chi connectivity index (χ3v) is 14.5. The number of fused-ring (bicyclic) bond motifs is 1. The van der Waals surface area contributed by atoms with Crippen molar-refractivity contribution in [3.63, 3.8) is 0 Å². The number of nitrogens with zero attached hydrogens (tertiary/aromatic N) is 8. The average Bonchev–Trinajstić information content (AvgIpc) is 3.83. The van der Waals surface area contributed by atoms with E-state index in [1.165, 1.54) is 0 Å². The molecule has 3 amide bonds. The molecule has 0 spiro atoms. The Bertz CT molecular complexity index is 2600. The second kappa shape index (κ2) is 30.1. The number of urea groups is 1. The van der Waals surface area contributed by atoms with Crippen molar-refractivity contribution in [2.45, 2.75) is 102 Å². The second-order valence-corrected chi connectivity index (χ2v) is 21.1. The minimum atomic E-state index is -1.67. The lowest BCUT2D eigenvalue weighted by molar-refractivity contribution is -0.145. The van der Waals surface area contributed by atoms with Crippen LogP contribution in [0, 0.1) is 11.3 Å². The summed E-state index contributed by atoms with van der Waals surface area (Å²) in [6.45, 7) is 6.97. The highest BCUT2D eigenvalue weighted by Gasteiger charge is 2.57. The molecule has 0 aliphatic carbocycles. The van der Waals surface area contributed by atoms with E-state index < -0.39 is 114 Å². The molecule has 0 bridgehead atoms. The summed E-state index contributed by atoms with van der Waals surface area (Å²) in [5.41, 5.74) is -0.786. The molecule has 448 valence electrons. The van der Waals surface area contributed by atoms with E-state index in [4.69, 9.17) is 5.11 Å². The first-order valence-electron chi connectivity index (χ1n) is 26.4. The highest BCUT2D eigenvalue weighted by molar-refractivity contribution is 5.87. The van der Waals surface area contributed by atoms with Crippen molar-refractivity contribution < 1.29 is 79.2 Å². The Morgan fingerprint density at radius 1 is 0.753 bits per heavy atom. The maximum atomic E-state index is 12.7. The highest BCUT2D eigenvalue weighted by Crippen LogP contribution is 2.51. The van der Waals surface area contributed by atoms with Crippen LogP contribution in [0.25, 0.3) is 0 Å². The number of aliphatic hydroxyl groups excluding tert-OH is 2. The monoisotopic (exact) mass is 1140 g/mol. The molecule has 2 aliphatic rings. The first-order chi connectivity index (χ1) is 38.0.